The predicted molar refractivity (Wildman–Crippen MR) is 70.6 cm³/mol. The van der Waals surface area contributed by atoms with Crippen LogP contribution in [0.3, 0.4) is 0 Å². The highest BCUT2D eigenvalue weighted by Crippen LogP contribution is 2.42. The van der Waals surface area contributed by atoms with E-state index in [1.807, 2.05) is 6.07 Å². The number of nitrogens with zero attached hydrogens (tertiary/aromatic N) is 1. The summed E-state index contributed by atoms with van der Waals surface area (Å²) in [5.41, 5.74) is 1.82. The number of ether oxygens (including phenoxy) is 3. The molecule has 0 saturated carbocycles. The fourth-order valence-electron chi connectivity index (χ4n) is 2.21. The van der Waals surface area contributed by atoms with Gasteiger partial charge in [0.1, 0.15) is 18.9 Å². The van der Waals surface area contributed by atoms with Crippen molar-refractivity contribution in [2.75, 3.05) is 20.3 Å². The lowest BCUT2D eigenvalue weighted by molar-refractivity contribution is 0.0652. The third kappa shape index (κ3) is 2.43. The maximum atomic E-state index is 10.9. The van der Waals surface area contributed by atoms with Gasteiger partial charge in [-0.1, -0.05) is 11.2 Å². The monoisotopic (exact) mass is 291 g/mol. The van der Waals surface area contributed by atoms with Gasteiger partial charge in [-0.25, -0.2) is 4.79 Å². The molecule has 0 radical (unpaired) electrons. The summed E-state index contributed by atoms with van der Waals surface area (Å²) >= 11 is 0. The number of carboxylic acid groups (broad SMARTS) is 1. The van der Waals surface area contributed by atoms with Gasteiger partial charge in [-0.15, -0.1) is 0 Å². The van der Waals surface area contributed by atoms with Crippen LogP contribution < -0.4 is 9.47 Å². The lowest BCUT2D eigenvalue weighted by Crippen LogP contribution is -2.16. The highest BCUT2D eigenvalue weighted by Gasteiger charge is 2.24. The molecule has 0 bridgehead atoms. The van der Waals surface area contributed by atoms with Gasteiger partial charge in [-0.2, -0.15) is 0 Å². The first-order chi connectivity index (χ1) is 10.2. The maximum Gasteiger partial charge on any atom is 0.374 e. The summed E-state index contributed by atoms with van der Waals surface area (Å²) in [6.07, 6.45) is 0. The van der Waals surface area contributed by atoms with Gasteiger partial charge in [-0.05, 0) is 11.6 Å². The molecule has 0 fully saturated rings. The van der Waals surface area contributed by atoms with Crippen molar-refractivity contribution < 1.29 is 28.6 Å². The first-order valence-electron chi connectivity index (χ1n) is 6.31. The second kappa shape index (κ2) is 5.45. The Kier molecular flexibility index (Phi) is 3.49. The van der Waals surface area contributed by atoms with Gasteiger partial charge in [0.05, 0.1) is 12.2 Å². The molecule has 110 valence electrons. The number of aromatic nitrogens is 1. The van der Waals surface area contributed by atoms with E-state index < -0.39 is 5.97 Å². The normalized spacial score (nSPS) is 13.2. The SMILES string of the molecule is COCc1ccc2c(c1-c1cc(C(=O)O)on1)OCCO2. The summed E-state index contributed by atoms with van der Waals surface area (Å²) in [6, 6.07) is 4.99. The van der Waals surface area contributed by atoms with Crippen LogP contribution in [0.1, 0.15) is 16.1 Å². The van der Waals surface area contributed by atoms with Gasteiger partial charge in [0, 0.05) is 13.2 Å². The van der Waals surface area contributed by atoms with Crippen molar-refractivity contribution in [3.8, 4) is 22.8 Å². The van der Waals surface area contributed by atoms with E-state index in [-0.39, 0.29) is 5.76 Å². The van der Waals surface area contributed by atoms with E-state index >= 15 is 0 Å². The number of carboxylic acids is 1. The Morgan fingerprint density at radius 3 is 2.90 bits per heavy atom. The Hall–Kier alpha value is -2.54. The second-order valence-electron chi connectivity index (χ2n) is 4.44. The summed E-state index contributed by atoms with van der Waals surface area (Å²) < 4.78 is 21.2. The van der Waals surface area contributed by atoms with Crippen LogP contribution in [0.4, 0.5) is 0 Å². The summed E-state index contributed by atoms with van der Waals surface area (Å²) in [5, 5.41) is 12.8. The van der Waals surface area contributed by atoms with Gasteiger partial charge in [-0.3, -0.25) is 0 Å². The molecule has 1 aromatic heterocycles. The minimum absolute atomic E-state index is 0.234. The molecule has 2 heterocycles. The molecule has 7 heteroatoms. The minimum Gasteiger partial charge on any atom is -0.486 e. The molecule has 21 heavy (non-hydrogen) atoms. The molecule has 1 aliphatic rings. The molecular formula is C14H13NO6. The highest BCUT2D eigenvalue weighted by atomic mass is 16.6. The van der Waals surface area contributed by atoms with Gasteiger partial charge in [0.25, 0.3) is 0 Å². The van der Waals surface area contributed by atoms with Crippen molar-refractivity contribution in [2.45, 2.75) is 6.61 Å². The molecule has 1 aliphatic heterocycles. The predicted octanol–water partition coefficient (Wildman–Crippen LogP) is 1.96. The number of carbonyl (C=O) groups is 1. The molecule has 0 unspecified atom stereocenters. The molecule has 3 rings (SSSR count). The summed E-state index contributed by atoms with van der Waals surface area (Å²) in [6.45, 7) is 1.22. The molecule has 0 spiro atoms. The van der Waals surface area contributed by atoms with Gasteiger partial charge >= 0.3 is 5.97 Å². The molecule has 0 saturated heterocycles. The van der Waals surface area contributed by atoms with Crippen LogP contribution in [-0.2, 0) is 11.3 Å². The van der Waals surface area contributed by atoms with Crippen LogP contribution in [0.15, 0.2) is 22.7 Å². The number of benzene rings is 1. The standard InChI is InChI=1S/C14H13NO6/c1-18-7-8-2-3-10-13(20-5-4-19-10)12(8)9-6-11(14(16)17)21-15-9/h2-3,6H,4-5,7H2,1H3,(H,16,17). The smallest absolute Gasteiger partial charge is 0.374 e. The Bertz CT molecular complexity index is 678. The Morgan fingerprint density at radius 2 is 2.19 bits per heavy atom. The van der Waals surface area contributed by atoms with Crippen LogP contribution in [0.5, 0.6) is 11.5 Å². The zero-order valence-corrected chi connectivity index (χ0v) is 11.3. The van der Waals surface area contributed by atoms with Gasteiger partial charge < -0.3 is 23.8 Å². The molecule has 0 amide bonds. The van der Waals surface area contributed by atoms with Crippen LogP contribution in [-0.4, -0.2) is 36.6 Å². The van der Waals surface area contributed by atoms with Crippen LogP contribution in [0.25, 0.3) is 11.3 Å². The van der Waals surface area contributed by atoms with Crippen LogP contribution in [0.2, 0.25) is 0 Å². The number of rotatable bonds is 4. The van der Waals surface area contributed by atoms with Crippen molar-refractivity contribution in [3.05, 3.63) is 29.5 Å². The Labute approximate surface area is 120 Å². The van der Waals surface area contributed by atoms with E-state index in [0.29, 0.717) is 42.6 Å². The van der Waals surface area contributed by atoms with Gasteiger partial charge in [0.2, 0.25) is 5.76 Å². The lowest BCUT2D eigenvalue weighted by Gasteiger charge is -2.22. The minimum atomic E-state index is -1.18. The van der Waals surface area contributed by atoms with E-state index in [1.165, 1.54) is 6.07 Å². The number of methoxy groups -OCH3 is 1. The molecular weight excluding hydrogens is 278 g/mol. The van der Waals surface area contributed by atoms with E-state index in [9.17, 15) is 4.79 Å². The average molecular weight is 291 g/mol. The number of aromatic carboxylic acids is 1. The molecule has 0 aliphatic carbocycles. The summed E-state index contributed by atoms with van der Waals surface area (Å²) in [5.74, 6) is -0.288. The topological polar surface area (TPSA) is 91.0 Å². The van der Waals surface area contributed by atoms with E-state index in [2.05, 4.69) is 5.16 Å². The maximum absolute atomic E-state index is 10.9. The average Bonchev–Trinajstić information content (AvgIpc) is 2.97. The van der Waals surface area contributed by atoms with E-state index in [0.717, 1.165) is 5.56 Å². The Balaban J connectivity index is 2.14. The summed E-state index contributed by atoms with van der Waals surface area (Å²) in [4.78, 5) is 10.9. The molecule has 7 nitrogen and oxygen atoms in total. The number of hydrogen-bond acceptors (Lipinski definition) is 6. The zero-order chi connectivity index (χ0) is 14.8. The summed E-state index contributed by atoms with van der Waals surface area (Å²) in [7, 11) is 1.58. The first kappa shape index (κ1) is 13.4. The fraction of sp³-hybridized carbons (Fsp3) is 0.286. The van der Waals surface area contributed by atoms with Crippen LogP contribution >= 0.6 is 0 Å². The van der Waals surface area contributed by atoms with E-state index in [4.69, 9.17) is 23.8 Å². The van der Waals surface area contributed by atoms with Crippen molar-refractivity contribution in [1.82, 2.24) is 5.16 Å². The molecule has 1 N–H and O–H groups in total. The van der Waals surface area contributed by atoms with Crippen molar-refractivity contribution >= 4 is 5.97 Å². The fourth-order valence-corrected chi connectivity index (χ4v) is 2.21. The zero-order valence-electron chi connectivity index (χ0n) is 11.3. The molecule has 2 aromatic rings. The third-order valence-corrected chi connectivity index (χ3v) is 3.07. The van der Waals surface area contributed by atoms with Crippen molar-refractivity contribution in [2.24, 2.45) is 0 Å². The first-order valence-corrected chi connectivity index (χ1v) is 6.31. The molecule has 0 atom stereocenters. The van der Waals surface area contributed by atoms with Crippen molar-refractivity contribution in [3.63, 3.8) is 0 Å². The van der Waals surface area contributed by atoms with E-state index in [1.54, 1.807) is 13.2 Å². The number of hydrogen-bond donors (Lipinski definition) is 1. The largest absolute Gasteiger partial charge is 0.486 e. The van der Waals surface area contributed by atoms with Crippen LogP contribution in [0, 0.1) is 0 Å². The lowest BCUT2D eigenvalue weighted by atomic mass is 10.0. The third-order valence-electron chi connectivity index (χ3n) is 3.07. The Morgan fingerprint density at radius 1 is 1.38 bits per heavy atom. The molecule has 1 aromatic carbocycles. The second-order valence-corrected chi connectivity index (χ2v) is 4.44. The quantitative estimate of drug-likeness (QED) is 0.920. The van der Waals surface area contributed by atoms with Gasteiger partial charge in [0.15, 0.2) is 11.5 Å². The number of fused-ring (bicyclic) bond motifs is 1. The van der Waals surface area contributed by atoms with Crippen molar-refractivity contribution in [1.29, 1.82) is 0 Å². The highest BCUT2D eigenvalue weighted by molar-refractivity contribution is 5.86.